The van der Waals surface area contributed by atoms with E-state index in [2.05, 4.69) is 45.1 Å². The van der Waals surface area contributed by atoms with Crippen molar-refractivity contribution in [2.75, 3.05) is 5.32 Å². The van der Waals surface area contributed by atoms with Crippen molar-refractivity contribution in [3.63, 3.8) is 0 Å². The number of carbonyl (C=O) groups excluding carboxylic acids is 1. The van der Waals surface area contributed by atoms with Crippen LogP contribution in [-0.4, -0.2) is 30.5 Å². The van der Waals surface area contributed by atoms with Crippen molar-refractivity contribution in [2.24, 2.45) is 18.4 Å². The van der Waals surface area contributed by atoms with Crippen molar-refractivity contribution in [1.82, 2.24) is 24.5 Å². The lowest BCUT2D eigenvalue weighted by atomic mass is 9.79. The number of anilines is 1. The molecular formula is C24H29ClN6O. The maximum atomic E-state index is 13.1. The van der Waals surface area contributed by atoms with E-state index in [4.69, 9.17) is 11.6 Å². The van der Waals surface area contributed by atoms with Gasteiger partial charge in [0.2, 0.25) is 5.91 Å². The van der Waals surface area contributed by atoms with Crippen LogP contribution in [0, 0.1) is 11.3 Å². The molecule has 32 heavy (non-hydrogen) atoms. The number of nitrogens with zero attached hydrogens (tertiary/aromatic N) is 5. The van der Waals surface area contributed by atoms with E-state index in [1.807, 2.05) is 30.2 Å². The number of hydrogen-bond acceptors (Lipinski definition) is 4. The third kappa shape index (κ3) is 3.94. The zero-order valence-electron chi connectivity index (χ0n) is 18.8. The summed E-state index contributed by atoms with van der Waals surface area (Å²) in [6.45, 7) is 5.39. The molecule has 3 aromatic rings. The Balaban J connectivity index is 1.34. The lowest BCUT2D eigenvalue weighted by Gasteiger charge is -2.28. The molecule has 3 aromatic heterocycles. The first-order valence-corrected chi connectivity index (χ1v) is 11.7. The van der Waals surface area contributed by atoms with E-state index in [0.29, 0.717) is 16.8 Å². The maximum absolute atomic E-state index is 13.1. The number of pyridine rings is 1. The van der Waals surface area contributed by atoms with Gasteiger partial charge in [-0.05, 0) is 43.2 Å². The number of nitrogens with one attached hydrogen (secondary N) is 1. The monoisotopic (exact) mass is 452 g/mol. The molecule has 0 radical (unpaired) electrons. The van der Waals surface area contributed by atoms with Crippen LogP contribution < -0.4 is 5.32 Å². The van der Waals surface area contributed by atoms with Crippen molar-refractivity contribution in [3.8, 4) is 11.1 Å². The molecule has 1 aliphatic carbocycles. The van der Waals surface area contributed by atoms with Gasteiger partial charge >= 0.3 is 0 Å². The molecule has 1 fully saturated rings. The van der Waals surface area contributed by atoms with E-state index in [0.717, 1.165) is 49.8 Å². The molecule has 1 saturated carbocycles. The second kappa shape index (κ2) is 8.03. The van der Waals surface area contributed by atoms with Crippen molar-refractivity contribution in [2.45, 2.75) is 58.4 Å². The molecule has 1 N–H and O–H groups in total. The minimum atomic E-state index is -0.0363. The average molecular weight is 453 g/mol. The van der Waals surface area contributed by atoms with Gasteiger partial charge in [-0.2, -0.15) is 10.2 Å². The maximum Gasteiger partial charge on any atom is 0.228 e. The van der Waals surface area contributed by atoms with Gasteiger partial charge in [-0.25, -0.2) is 4.98 Å². The van der Waals surface area contributed by atoms with Gasteiger partial charge in [0.25, 0.3) is 0 Å². The van der Waals surface area contributed by atoms with Gasteiger partial charge in [0.15, 0.2) is 0 Å². The van der Waals surface area contributed by atoms with Crippen LogP contribution in [0.4, 0.5) is 5.82 Å². The molecule has 0 unspecified atom stereocenters. The summed E-state index contributed by atoms with van der Waals surface area (Å²) >= 11 is 6.52. The summed E-state index contributed by atoms with van der Waals surface area (Å²) in [7, 11) is 1.97. The highest BCUT2D eigenvalue weighted by atomic mass is 35.5. The van der Waals surface area contributed by atoms with Crippen molar-refractivity contribution in [3.05, 3.63) is 47.1 Å². The first kappa shape index (κ1) is 21.2. The largest absolute Gasteiger partial charge is 0.310 e. The highest BCUT2D eigenvalue weighted by molar-refractivity contribution is 6.33. The van der Waals surface area contributed by atoms with Crippen LogP contribution in [0.25, 0.3) is 11.1 Å². The molecule has 0 spiro atoms. The number of fused-ring (bicyclic) bond motifs is 1. The van der Waals surface area contributed by atoms with Crippen LogP contribution in [-0.2, 0) is 24.8 Å². The third-order valence-corrected chi connectivity index (χ3v) is 7.19. The summed E-state index contributed by atoms with van der Waals surface area (Å²) in [5, 5.41) is 12.5. The van der Waals surface area contributed by atoms with Crippen LogP contribution in [0.2, 0.25) is 5.02 Å². The molecule has 8 heteroatoms. The zero-order valence-corrected chi connectivity index (χ0v) is 19.6. The van der Waals surface area contributed by atoms with Gasteiger partial charge in [0.05, 0.1) is 11.2 Å². The predicted molar refractivity (Wildman–Crippen MR) is 124 cm³/mol. The Morgan fingerprint density at radius 1 is 1.22 bits per heavy atom. The summed E-state index contributed by atoms with van der Waals surface area (Å²) in [6, 6.07) is 3.94. The van der Waals surface area contributed by atoms with Gasteiger partial charge < -0.3 is 5.32 Å². The SMILES string of the molecule is Cn1nccc1[C@H]1CCC[C@@H](C(=O)Nc2cc(-c3cnn4c3CC(C)(C)C4)c(Cl)cn2)C1. The summed E-state index contributed by atoms with van der Waals surface area (Å²) in [5.74, 6) is 0.887. The molecule has 0 saturated heterocycles. The van der Waals surface area contributed by atoms with Crippen LogP contribution in [0.15, 0.2) is 30.7 Å². The van der Waals surface area contributed by atoms with Gasteiger partial charge in [-0.15, -0.1) is 0 Å². The fourth-order valence-electron chi connectivity index (χ4n) is 5.30. The van der Waals surface area contributed by atoms with Gasteiger partial charge in [-0.3, -0.25) is 14.2 Å². The Morgan fingerprint density at radius 2 is 2.06 bits per heavy atom. The molecule has 2 atom stereocenters. The molecule has 0 aromatic carbocycles. The van der Waals surface area contributed by atoms with Crippen molar-refractivity contribution in [1.29, 1.82) is 0 Å². The highest BCUT2D eigenvalue weighted by Gasteiger charge is 2.33. The Labute approximate surface area is 193 Å². The molecule has 0 bridgehead atoms. The van der Waals surface area contributed by atoms with Crippen LogP contribution >= 0.6 is 11.6 Å². The van der Waals surface area contributed by atoms with E-state index in [9.17, 15) is 4.79 Å². The second-order valence-electron chi connectivity index (χ2n) is 9.98. The minimum Gasteiger partial charge on any atom is -0.310 e. The van der Waals surface area contributed by atoms with Crippen LogP contribution in [0.5, 0.6) is 0 Å². The molecule has 4 heterocycles. The van der Waals surface area contributed by atoms with E-state index >= 15 is 0 Å². The molecule has 1 amide bonds. The zero-order chi connectivity index (χ0) is 22.5. The van der Waals surface area contributed by atoms with Crippen LogP contribution in [0.1, 0.15) is 56.8 Å². The Hall–Kier alpha value is -2.67. The smallest absolute Gasteiger partial charge is 0.228 e. The first-order chi connectivity index (χ1) is 15.3. The third-order valence-electron chi connectivity index (χ3n) is 6.89. The fourth-order valence-corrected chi connectivity index (χ4v) is 5.50. The topological polar surface area (TPSA) is 77.6 Å². The number of carbonyl (C=O) groups is 1. The second-order valence-corrected chi connectivity index (χ2v) is 10.4. The molecular weight excluding hydrogens is 424 g/mol. The quantitative estimate of drug-likeness (QED) is 0.615. The molecule has 7 nitrogen and oxygen atoms in total. The number of amides is 1. The Bertz CT molecular complexity index is 1160. The number of hydrogen-bond donors (Lipinski definition) is 1. The number of aryl methyl sites for hydroxylation is 1. The van der Waals surface area contributed by atoms with E-state index < -0.39 is 0 Å². The van der Waals surface area contributed by atoms with Crippen molar-refractivity contribution >= 4 is 23.3 Å². The van der Waals surface area contributed by atoms with E-state index in [-0.39, 0.29) is 17.2 Å². The molecule has 1 aliphatic heterocycles. The summed E-state index contributed by atoms with van der Waals surface area (Å²) in [5.41, 5.74) is 4.46. The van der Waals surface area contributed by atoms with E-state index in [1.165, 1.54) is 11.4 Å². The normalized spacial score (nSPS) is 22.0. The standard InChI is InChI=1S/C24H29ClN6O/c1-24(2)11-21-18(12-28-31(21)14-24)17-10-22(26-13-19(17)25)29-23(32)16-6-4-5-15(9-16)20-7-8-27-30(20)3/h7-8,10,12-13,15-16H,4-6,9,11,14H2,1-3H3,(H,26,29,32)/t15-,16+/m0/s1. The lowest BCUT2D eigenvalue weighted by molar-refractivity contribution is -0.121. The van der Waals surface area contributed by atoms with Gasteiger partial charge in [0, 0.05) is 60.3 Å². The number of rotatable bonds is 4. The van der Waals surface area contributed by atoms with Crippen molar-refractivity contribution < 1.29 is 4.79 Å². The van der Waals surface area contributed by atoms with Crippen LogP contribution in [0.3, 0.4) is 0 Å². The first-order valence-electron chi connectivity index (χ1n) is 11.3. The summed E-state index contributed by atoms with van der Waals surface area (Å²) in [4.78, 5) is 17.5. The van der Waals surface area contributed by atoms with Gasteiger partial charge in [0.1, 0.15) is 5.82 Å². The Morgan fingerprint density at radius 3 is 2.84 bits per heavy atom. The lowest BCUT2D eigenvalue weighted by Crippen LogP contribution is -2.28. The highest BCUT2D eigenvalue weighted by Crippen LogP contribution is 2.40. The minimum absolute atomic E-state index is 0.0269. The molecule has 168 valence electrons. The number of aromatic nitrogens is 5. The number of halogens is 1. The molecule has 5 rings (SSSR count). The predicted octanol–water partition coefficient (Wildman–Crippen LogP) is 4.83. The van der Waals surface area contributed by atoms with Gasteiger partial charge in [-0.1, -0.05) is 31.9 Å². The Kier molecular flexibility index (Phi) is 5.32. The summed E-state index contributed by atoms with van der Waals surface area (Å²) in [6.07, 6.45) is 10.1. The van der Waals surface area contributed by atoms with E-state index in [1.54, 1.807) is 6.20 Å². The summed E-state index contributed by atoms with van der Waals surface area (Å²) < 4.78 is 3.98. The average Bonchev–Trinajstić information content (AvgIpc) is 3.43. The molecule has 2 aliphatic rings. The fraction of sp³-hybridized carbons (Fsp3) is 0.500.